The lowest BCUT2D eigenvalue weighted by atomic mass is 9.93. The van der Waals surface area contributed by atoms with Crippen LogP contribution in [0.15, 0.2) is 18.3 Å². The molecule has 1 saturated heterocycles. The summed E-state index contributed by atoms with van der Waals surface area (Å²) in [6, 6.07) is 3.73. The average molecular weight is 392 g/mol. The lowest BCUT2D eigenvalue weighted by molar-refractivity contribution is -0.0532. The van der Waals surface area contributed by atoms with Gasteiger partial charge in [0.15, 0.2) is 0 Å². The molecule has 1 aliphatic rings. The maximum absolute atomic E-state index is 12.8. The fraction of sp³-hybridized carbons (Fsp3) is 0.500. The van der Waals surface area contributed by atoms with Crippen LogP contribution in [-0.2, 0) is 7.05 Å². The molecule has 1 atom stereocenters. The third kappa shape index (κ3) is 4.28. The van der Waals surface area contributed by atoms with E-state index in [-0.39, 0.29) is 19.1 Å². The summed E-state index contributed by atoms with van der Waals surface area (Å²) in [6.07, 6.45) is 3.04. The van der Waals surface area contributed by atoms with Gasteiger partial charge >= 0.3 is 0 Å². The van der Waals surface area contributed by atoms with Crippen molar-refractivity contribution in [3.05, 3.63) is 45.7 Å². The fourth-order valence-electron chi connectivity index (χ4n) is 3.59. The first-order chi connectivity index (χ1) is 12.7. The number of aliphatic hydroxyl groups is 1. The third-order valence-electron chi connectivity index (χ3n) is 5.00. The van der Waals surface area contributed by atoms with Gasteiger partial charge in [-0.3, -0.25) is 9.48 Å². The van der Waals surface area contributed by atoms with Crippen molar-refractivity contribution in [1.29, 1.82) is 0 Å². The van der Waals surface area contributed by atoms with Crippen LogP contribution in [0.1, 0.15) is 40.0 Å². The zero-order valence-corrected chi connectivity index (χ0v) is 17.0. The van der Waals surface area contributed by atoms with Gasteiger partial charge < -0.3 is 14.7 Å². The molecule has 2 aromatic rings. The first-order valence-electron chi connectivity index (χ1n) is 9.10. The van der Waals surface area contributed by atoms with Crippen molar-refractivity contribution < 1.29 is 14.6 Å². The number of aromatic nitrogens is 2. The molecule has 2 heterocycles. The minimum absolute atomic E-state index is 0.100. The molecule has 1 aromatic carbocycles. The SMILES string of the molecule is Cc1cc(OCC2(O)CCCN(C(=O)c3cn(C)nc3C)C2)cc(C)c1Cl. The standard InChI is InChI=1S/C20H26ClN3O3/c1-13-8-16(9-14(2)18(13)21)27-12-20(26)6-5-7-24(11-20)19(25)17-10-23(4)22-15(17)3/h8-10,26H,5-7,11-12H2,1-4H3. The predicted octanol–water partition coefficient (Wildman–Crippen LogP) is 3.04. The Kier molecular flexibility index (Phi) is 5.49. The van der Waals surface area contributed by atoms with Crippen LogP contribution in [0.3, 0.4) is 0 Å². The van der Waals surface area contributed by atoms with E-state index in [1.807, 2.05) is 32.9 Å². The van der Waals surface area contributed by atoms with Crippen LogP contribution in [0.2, 0.25) is 5.02 Å². The number of aryl methyl sites for hydroxylation is 4. The normalized spacial score (nSPS) is 20.0. The van der Waals surface area contributed by atoms with Crippen molar-refractivity contribution in [2.75, 3.05) is 19.7 Å². The average Bonchev–Trinajstić information content (AvgIpc) is 2.95. The maximum Gasteiger partial charge on any atom is 0.257 e. The molecule has 1 amide bonds. The molecule has 1 aromatic heterocycles. The number of β-amino-alcohol motifs (C(OH)–C–C–N with tert-alkyl or cyclic N) is 1. The number of nitrogens with zero attached hydrogens (tertiary/aromatic N) is 3. The Bertz CT molecular complexity index is 841. The van der Waals surface area contributed by atoms with E-state index in [2.05, 4.69) is 5.10 Å². The van der Waals surface area contributed by atoms with Crippen LogP contribution >= 0.6 is 11.6 Å². The van der Waals surface area contributed by atoms with Crippen LogP contribution < -0.4 is 4.74 Å². The Labute approximate surface area is 164 Å². The van der Waals surface area contributed by atoms with Crippen LogP contribution in [0.5, 0.6) is 5.75 Å². The predicted molar refractivity (Wildman–Crippen MR) is 104 cm³/mol. The molecule has 0 radical (unpaired) electrons. The minimum Gasteiger partial charge on any atom is -0.491 e. The summed E-state index contributed by atoms with van der Waals surface area (Å²) in [6.45, 7) is 6.66. The first-order valence-corrected chi connectivity index (χ1v) is 9.48. The number of likely N-dealkylation sites (tertiary alicyclic amines) is 1. The van der Waals surface area contributed by atoms with Crippen LogP contribution in [0.4, 0.5) is 0 Å². The van der Waals surface area contributed by atoms with Gasteiger partial charge in [-0.2, -0.15) is 5.10 Å². The van der Waals surface area contributed by atoms with Crippen molar-refractivity contribution in [2.24, 2.45) is 7.05 Å². The summed E-state index contributed by atoms with van der Waals surface area (Å²) in [7, 11) is 1.79. The van der Waals surface area contributed by atoms with Crippen LogP contribution in [0.25, 0.3) is 0 Å². The lowest BCUT2D eigenvalue weighted by Crippen LogP contribution is -2.53. The Morgan fingerprint density at radius 2 is 2.00 bits per heavy atom. The summed E-state index contributed by atoms with van der Waals surface area (Å²) in [5, 5.41) is 16.0. The summed E-state index contributed by atoms with van der Waals surface area (Å²) in [4.78, 5) is 14.5. The zero-order chi connectivity index (χ0) is 19.8. The highest BCUT2D eigenvalue weighted by molar-refractivity contribution is 6.32. The smallest absolute Gasteiger partial charge is 0.257 e. The number of halogens is 1. The molecule has 0 spiro atoms. The van der Waals surface area contributed by atoms with Gasteiger partial charge in [0.25, 0.3) is 5.91 Å². The number of benzene rings is 1. The van der Waals surface area contributed by atoms with Crippen molar-refractivity contribution in [3.8, 4) is 5.75 Å². The number of carbonyl (C=O) groups is 1. The first kappa shape index (κ1) is 19.7. The molecular formula is C20H26ClN3O3. The quantitative estimate of drug-likeness (QED) is 0.869. The van der Waals surface area contributed by atoms with Gasteiger partial charge in [0.2, 0.25) is 0 Å². The van der Waals surface area contributed by atoms with Crippen LogP contribution in [-0.4, -0.2) is 51.0 Å². The van der Waals surface area contributed by atoms with E-state index in [1.165, 1.54) is 0 Å². The number of ether oxygens (including phenoxy) is 1. The Balaban J connectivity index is 1.69. The second-order valence-electron chi connectivity index (χ2n) is 7.52. The molecule has 1 aliphatic heterocycles. The third-order valence-corrected chi connectivity index (χ3v) is 5.60. The molecule has 1 unspecified atom stereocenters. The molecule has 3 rings (SSSR count). The second kappa shape index (κ2) is 7.52. The summed E-state index contributed by atoms with van der Waals surface area (Å²) in [5.41, 5.74) is 2.06. The minimum atomic E-state index is -1.08. The van der Waals surface area contributed by atoms with Gasteiger partial charge in [-0.1, -0.05) is 11.6 Å². The van der Waals surface area contributed by atoms with Crippen LogP contribution in [0, 0.1) is 20.8 Å². The molecule has 0 aliphatic carbocycles. The number of carbonyl (C=O) groups excluding carboxylic acids is 1. The molecule has 7 heteroatoms. The lowest BCUT2D eigenvalue weighted by Gasteiger charge is -2.38. The van der Waals surface area contributed by atoms with E-state index in [1.54, 1.807) is 22.8 Å². The van der Waals surface area contributed by atoms with Gasteiger partial charge in [0, 0.05) is 24.8 Å². The Hall–Kier alpha value is -2.05. The highest BCUT2D eigenvalue weighted by Gasteiger charge is 2.37. The Morgan fingerprint density at radius 3 is 2.59 bits per heavy atom. The zero-order valence-electron chi connectivity index (χ0n) is 16.3. The number of amides is 1. The maximum atomic E-state index is 12.8. The fourth-order valence-corrected chi connectivity index (χ4v) is 3.70. The monoisotopic (exact) mass is 391 g/mol. The van der Waals surface area contributed by atoms with E-state index in [4.69, 9.17) is 16.3 Å². The molecule has 1 N–H and O–H groups in total. The number of piperidine rings is 1. The molecular weight excluding hydrogens is 366 g/mol. The highest BCUT2D eigenvalue weighted by atomic mass is 35.5. The molecule has 146 valence electrons. The number of hydrogen-bond acceptors (Lipinski definition) is 4. The van der Waals surface area contributed by atoms with Crippen molar-refractivity contribution in [2.45, 2.75) is 39.2 Å². The largest absolute Gasteiger partial charge is 0.491 e. The summed E-state index contributed by atoms with van der Waals surface area (Å²) < 4.78 is 7.50. The van der Waals surface area contributed by atoms with E-state index in [0.717, 1.165) is 22.6 Å². The van der Waals surface area contributed by atoms with Gasteiger partial charge in [0.1, 0.15) is 18.0 Å². The van der Waals surface area contributed by atoms with Gasteiger partial charge in [0.05, 0.1) is 17.8 Å². The van der Waals surface area contributed by atoms with Crippen molar-refractivity contribution in [3.63, 3.8) is 0 Å². The molecule has 6 nitrogen and oxygen atoms in total. The van der Waals surface area contributed by atoms with E-state index < -0.39 is 5.60 Å². The van der Waals surface area contributed by atoms with Crippen molar-refractivity contribution in [1.82, 2.24) is 14.7 Å². The molecule has 1 fully saturated rings. The van der Waals surface area contributed by atoms with Gasteiger partial charge in [-0.25, -0.2) is 0 Å². The molecule has 27 heavy (non-hydrogen) atoms. The van der Waals surface area contributed by atoms with E-state index in [0.29, 0.717) is 30.0 Å². The molecule has 0 bridgehead atoms. The van der Waals surface area contributed by atoms with Gasteiger partial charge in [-0.15, -0.1) is 0 Å². The summed E-state index contributed by atoms with van der Waals surface area (Å²) >= 11 is 6.20. The van der Waals surface area contributed by atoms with E-state index in [9.17, 15) is 9.90 Å². The second-order valence-corrected chi connectivity index (χ2v) is 7.89. The van der Waals surface area contributed by atoms with E-state index >= 15 is 0 Å². The summed E-state index contributed by atoms with van der Waals surface area (Å²) in [5.74, 6) is 0.575. The number of rotatable bonds is 4. The molecule has 0 saturated carbocycles. The van der Waals surface area contributed by atoms with Gasteiger partial charge in [-0.05, 0) is 56.9 Å². The topological polar surface area (TPSA) is 67.6 Å². The number of hydrogen-bond donors (Lipinski definition) is 1. The van der Waals surface area contributed by atoms with Crippen molar-refractivity contribution >= 4 is 17.5 Å². The highest BCUT2D eigenvalue weighted by Crippen LogP contribution is 2.28. The Morgan fingerprint density at radius 1 is 1.33 bits per heavy atom.